The molecule has 192 valence electrons. The van der Waals surface area contributed by atoms with Gasteiger partial charge in [0.2, 0.25) is 10.0 Å². The molecule has 0 fully saturated rings. The molecular weight excluding hydrogens is 480 g/mol. The summed E-state index contributed by atoms with van der Waals surface area (Å²) in [4.78, 5) is 12.5. The first kappa shape index (κ1) is 26.9. The van der Waals surface area contributed by atoms with Crippen molar-refractivity contribution in [3.63, 3.8) is 0 Å². The van der Waals surface area contributed by atoms with E-state index in [9.17, 15) is 13.2 Å². The molecule has 0 radical (unpaired) electrons. The van der Waals surface area contributed by atoms with Gasteiger partial charge in [-0.2, -0.15) is 0 Å². The summed E-state index contributed by atoms with van der Waals surface area (Å²) in [5, 5.41) is 2.81. The third-order valence-corrected chi connectivity index (χ3v) is 6.26. The Morgan fingerprint density at radius 3 is 2.28 bits per heavy atom. The predicted molar refractivity (Wildman–Crippen MR) is 140 cm³/mol. The van der Waals surface area contributed by atoms with Crippen LogP contribution in [0.1, 0.15) is 29.8 Å². The van der Waals surface area contributed by atoms with E-state index < -0.39 is 10.0 Å². The van der Waals surface area contributed by atoms with Crippen molar-refractivity contribution in [3.8, 4) is 17.2 Å². The van der Waals surface area contributed by atoms with Gasteiger partial charge in [0.15, 0.2) is 0 Å². The number of carbonyl (C=O) groups excluding carboxylic acids is 1. The lowest BCUT2D eigenvalue weighted by Gasteiger charge is -2.23. The second-order valence-electron chi connectivity index (χ2n) is 8.41. The molecule has 8 nitrogen and oxygen atoms in total. The number of hydrogen-bond donors (Lipinski definition) is 1. The third kappa shape index (κ3) is 7.91. The van der Waals surface area contributed by atoms with Crippen molar-refractivity contribution in [2.75, 3.05) is 30.8 Å². The Labute approximate surface area is 212 Å². The average molecular weight is 513 g/mol. The van der Waals surface area contributed by atoms with E-state index >= 15 is 0 Å². The number of methoxy groups -OCH3 is 1. The topological polar surface area (TPSA) is 94.2 Å². The van der Waals surface area contributed by atoms with Crippen molar-refractivity contribution >= 4 is 21.6 Å². The smallest absolute Gasteiger partial charge is 0.251 e. The maximum Gasteiger partial charge on any atom is 0.251 e. The number of carbonyl (C=O) groups is 1. The lowest BCUT2D eigenvalue weighted by molar-refractivity contribution is 0.0947. The van der Waals surface area contributed by atoms with Crippen molar-refractivity contribution in [1.82, 2.24) is 5.32 Å². The molecule has 0 unspecified atom stereocenters. The molecule has 0 spiro atoms. The fourth-order valence-corrected chi connectivity index (χ4v) is 4.32. The van der Waals surface area contributed by atoms with Crippen molar-refractivity contribution in [1.29, 1.82) is 0 Å². The van der Waals surface area contributed by atoms with Crippen molar-refractivity contribution in [2.24, 2.45) is 0 Å². The fraction of sp³-hybridized carbons (Fsp3) is 0.296. The van der Waals surface area contributed by atoms with Crippen LogP contribution >= 0.6 is 0 Å². The molecule has 0 aromatic heterocycles. The Kier molecular flexibility index (Phi) is 9.19. The average Bonchev–Trinajstić information content (AvgIpc) is 2.84. The second-order valence-corrected chi connectivity index (χ2v) is 10.3. The van der Waals surface area contributed by atoms with E-state index in [2.05, 4.69) is 5.32 Å². The van der Waals surface area contributed by atoms with Crippen LogP contribution in [0.3, 0.4) is 0 Å². The highest BCUT2D eigenvalue weighted by atomic mass is 32.2. The molecule has 0 aliphatic carbocycles. The molecule has 1 amide bonds. The van der Waals surface area contributed by atoms with E-state index in [1.807, 2.05) is 32.0 Å². The molecule has 0 aliphatic rings. The highest BCUT2D eigenvalue weighted by Gasteiger charge is 2.19. The number of hydrogen-bond acceptors (Lipinski definition) is 6. The third-order valence-electron chi connectivity index (χ3n) is 5.12. The number of nitrogens with one attached hydrogen (secondary N) is 1. The lowest BCUT2D eigenvalue weighted by atomic mass is 10.1. The highest BCUT2D eigenvalue weighted by molar-refractivity contribution is 7.92. The van der Waals surface area contributed by atoms with Crippen molar-refractivity contribution in [2.45, 2.75) is 26.5 Å². The molecule has 0 bridgehead atoms. The van der Waals surface area contributed by atoms with Crippen LogP contribution in [0.4, 0.5) is 5.69 Å². The van der Waals surface area contributed by atoms with Gasteiger partial charge in [-0.15, -0.1) is 0 Å². The van der Waals surface area contributed by atoms with Gasteiger partial charge in [-0.3, -0.25) is 9.10 Å². The predicted octanol–water partition coefficient (Wildman–Crippen LogP) is 4.26. The van der Waals surface area contributed by atoms with Gasteiger partial charge < -0.3 is 19.5 Å². The zero-order valence-electron chi connectivity index (χ0n) is 20.9. The van der Waals surface area contributed by atoms with Gasteiger partial charge in [-0.05, 0) is 55.8 Å². The van der Waals surface area contributed by atoms with Crippen LogP contribution in [0.25, 0.3) is 0 Å². The molecule has 0 saturated heterocycles. The lowest BCUT2D eigenvalue weighted by Crippen LogP contribution is -2.29. The molecule has 3 aromatic carbocycles. The summed E-state index contributed by atoms with van der Waals surface area (Å²) in [5.74, 6) is 1.71. The highest BCUT2D eigenvalue weighted by Crippen LogP contribution is 2.26. The summed E-state index contributed by atoms with van der Waals surface area (Å²) in [6.45, 7) is 4.58. The number of ether oxygens (including phenoxy) is 3. The van der Waals surface area contributed by atoms with Gasteiger partial charge in [-0.25, -0.2) is 8.42 Å². The number of rotatable bonds is 12. The van der Waals surface area contributed by atoms with E-state index in [-0.39, 0.29) is 18.6 Å². The molecule has 36 heavy (non-hydrogen) atoms. The van der Waals surface area contributed by atoms with E-state index in [0.29, 0.717) is 41.7 Å². The van der Waals surface area contributed by atoms with Gasteiger partial charge in [0.05, 0.1) is 38.2 Å². The SMILES string of the molecule is COc1cccc(OCCNC(=O)c2ccc(CN(c3cccc(OC(C)C)c3)S(C)(=O)=O)cc2)c1. The first-order valence-electron chi connectivity index (χ1n) is 11.5. The van der Waals surface area contributed by atoms with Gasteiger partial charge in [0.25, 0.3) is 5.91 Å². The van der Waals surface area contributed by atoms with E-state index in [1.165, 1.54) is 10.6 Å². The summed E-state index contributed by atoms with van der Waals surface area (Å²) in [6.07, 6.45) is 1.14. The summed E-state index contributed by atoms with van der Waals surface area (Å²) in [5.41, 5.74) is 1.72. The van der Waals surface area contributed by atoms with E-state index in [0.717, 1.165) is 5.56 Å². The molecule has 0 atom stereocenters. The number of benzene rings is 3. The minimum Gasteiger partial charge on any atom is -0.497 e. The van der Waals surface area contributed by atoms with E-state index in [1.54, 1.807) is 61.7 Å². The summed E-state index contributed by atoms with van der Waals surface area (Å²) in [6, 6.07) is 21.1. The zero-order chi connectivity index (χ0) is 26.1. The summed E-state index contributed by atoms with van der Waals surface area (Å²) in [7, 11) is -1.97. The molecule has 3 aromatic rings. The van der Waals surface area contributed by atoms with Gasteiger partial charge in [0.1, 0.15) is 23.9 Å². The number of anilines is 1. The Morgan fingerprint density at radius 1 is 0.944 bits per heavy atom. The summed E-state index contributed by atoms with van der Waals surface area (Å²) < 4.78 is 42.9. The van der Waals surface area contributed by atoms with Gasteiger partial charge in [0, 0.05) is 17.7 Å². The van der Waals surface area contributed by atoms with Crippen molar-refractivity contribution < 1.29 is 27.4 Å². The minimum absolute atomic E-state index is 0.0287. The molecular formula is C27H32N2O6S. The first-order chi connectivity index (χ1) is 17.2. The minimum atomic E-state index is -3.55. The Hall–Kier alpha value is -3.72. The molecule has 0 heterocycles. The maximum absolute atomic E-state index is 12.5. The van der Waals surface area contributed by atoms with Gasteiger partial charge in [-0.1, -0.05) is 24.3 Å². The molecule has 1 N–H and O–H groups in total. The van der Waals surface area contributed by atoms with Crippen LogP contribution in [0.15, 0.2) is 72.8 Å². The number of nitrogens with zero attached hydrogens (tertiary/aromatic N) is 1. The second kappa shape index (κ2) is 12.3. The quantitative estimate of drug-likeness (QED) is 0.365. The zero-order valence-corrected chi connectivity index (χ0v) is 21.7. The number of amides is 1. The van der Waals surface area contributed by atoms with Crippen molar-refractivity contribution in [3.05, 3.63) is 83.9 Å². The van der Waals surface area contributed by atoms with Gasteiger partial charge >= 0.3 is 0 Å². The first-order valence-corrected chi connectivity index (χ1v) is 13.4. The molecule has 3 rings (SSSR count). The van der Waals surface area contributed by atoms with Crippen LogP contribution in [-0.2, 0) is 16.6 Å². The normalized spacial score (nSPS) is 11.1. The summed E-state index contributed by atoms with van der Waals surface area (Å²) >= 11 is 0. The van der Waals surface area contributed by atoms with Crippen LogP contribution in [-0.4, -0.2) is 46.9 Å². The Balaban J connectivity index is 1.59. The molecule has 0 aliphatic heterocycles. The Morgan fingerprint density at radius 2 is 1.61 bits per heavy atom. The van der Waals surface area contributed by atoms with Crippen LogP contribution in [0.2, 0.25) is 0 Å². The maximum atomic E-state index is 12.5. The van der Waals surface area contributed by atoms with Crippen LogP contribution < -0.4 is 23.8 Å². The molecule has 0 saturated carbocycles. The largest absolute Gasteiger partial charge is 0.497 e. The van der Waals surface area contributed by atoms with Crippen LogP contribution in [0, 0.1) is 0 Å². The van der Waals surface area contributed by atoms with E-state index in [4.69, 9.17) is 14.2 Å². The number of sulfonamides is 1. The fourth-order valence-electron chi connectivity index (χ4n) is 3.44. The monoisotopic (exact) mass is 512 g/mol. The molecule has 9 heteroatoms. The van der Waals surface area contributed by atoms with Crippen LogP contribution in [0.5, 0.6) is 17.2 Å². The standard InChI is InChI=1S/C27H32N2O6S/c1-20(2)35-26-10-5-7-23(17-26)29(36(4,31)32)19-21-11-13-22(14-12-21)27(30)28-15-16-34-25-9-6-8-24(18-25)33-3/h5-14,17-18,20H,15-16,19H2,1-4H3,(H,28,30). The Bertz CT molecular complexity index is 1260.